The number of alkyl halides is 1. The van der Waals surface area contributed by atoms with Crippen molar-refractivity contribution in [2.24, 2.45) is 0 Å². The fourth-order valence-electron chi connectivity index (χ4n) is 1.58. The Morgan fingerprint density at radius 3 is 2.84 bits per heavy atom. The van der Waals surface area contributed by atoms with Crippen LogP contribution in [0.15, 0.2) is 17.5 Å². The van der Waals surface area contributed by atoms with Gasteiger partial charge in [-0.15, -0.1) is 34.3 Å². The molecule has 2 rings (SSSR count). The van der Waals surface area contributed by atoms with E-state index in [0.717, 1.165) is 17.1 Å². The van der Waals surface area contributed by atoms with Gasteiger partial charge in [0.1, 0.15) is 5.01 Å². The monoisotopic (exact) mass is 314 g/mol. The molecule has 2 aromatic rings. The number of hydrogen-bond acceptors (Lipinski definition) is 4. The number of carbonyl (C=O) groups is 1. The Kier molecular flexibility index (Phi) is 5.36. The SMILES string of the molecule is CCc1ccc(CNC(=O)Cc2nc(CCl)cs2)s1. The fourth-order valence-corrected chi connectivity index (χ4v) is 3.50. The second-order valence-corrected chi connectivity index (χ2v) is 6.50. The summed E-state index contributed by atoms with van der Waals surface area (Å²) >= 11 is 8.90. The van der Waals surface area contributed by atoms with Crippen molar-refractivity contribution in [1.29, 1.82) is 0 Å². The van der Waals surface area contributed by atoms with Crippen LogP contribution in [0.5, 0.6) is 0 Å². The summed E-state index contributed by atoms with van der Waals surface area (Å²) in [5, 5.41) is 5.62. The van der Waals surface area contributed by atoms with E-state index in [1.807, 2.05) is 5.38 Å². The number of thiophene rings is 1. The minimum absolute atomic E-state index is 0.00178. The molecule has 19 heavy (non-hydrogen) atoms. The normalized spacial score (nSPS) is 10.6. The molecule has 0 bridgehead atoms. The Bertz CT molecular complexity index is 550. The molecular weight excluding hydrogens is 300 g/mol. The predicted molar refractivity (Wildman–Crippen MR) is 80.9 cm³/mol. The third-order valence-electron chi connectivity index (χ3n) is 2.57. The maximum absolute atomic E-state index is 11.8. The number of thiazole rings is 1. The van der Waals surface area contributed by atoms with Crippen molar-refractivity contribution >= 4 is 40.2 Å². The van der Waals surface area contributed by atoms with E-state index in [-0.39, 0.29) is 5.91 Å². The Balaban J connectivity index is 1.81. The topological polar surface area (TPSA) is 42.0 Å². The highest BCUT2D eigenvalue weighted by molar-refractivity contribution is 7.12. The van der Waals surface area contributed by atoms with Crippen LogP contribution in [0.3, 0.4) is 0 Å². The van der Waals surface area contributed by atoms with Gasteiger partial charge in [0.15, 0.2) is 0 Å². The number of amides is 1. The van der Waals surface area contributed by atoms with E-state index in [1.54, 1.807) is 11.3 Å². The summed E-state index contributed by atoms with van der Waals surface area (Å²) in [5.74, 6) is 0.398. The molecule has 1 N–H and O–H groups in total. The molecule has 3 nitrogen and oxygen atoms in total. The molecule has 0 unspecified atom stereocenters. The predicted octanol–water partition coefficient (Wildman–Crippen LogP) is 3.36. The maximum atomic E-state index is 11.8. The summed E-state index contributed by atoms with van der Waals surface area (Å²) < 4.78 is 0. The minimum Gasteiger partial charge on any atom is -0.351 e. The van der Waals surface area contributed by atoms with E-state index in [0.29, 0.717) is 18.8 Å². The molecule has 0 fully saturated rings. The zero-order valence-corrected chi connectivity index (χ0v) is 13.0. The minimum atomic E-state index is 0.00178. The van der Waals surface area contributed by atoms with Crippen LogP contribution in [0, 0.1) is 0 Å². The van der Waals surface area contributed by atoms with Crippen molar-refractivity contribution in [3.8, 4) is 0 Å². The second kappa shape index (κ2) is 7.03. The van der Waals surface area contributed by atoms with Gasteiger partial charge in [-0.2, -0.15) is 0 Å². The van der Waals surface area contributed by atoms with E-state index in [9.17, 15) is 4.79 Å². The van der Waals surface area contributed by atoms with Gasteiger partial charge in [-0.1, -0.05) is 6.92 Å². The van der Waals surface area contributed by atoms with E-state index < -0.39 is 0 Å². The molecule has 0 spiro atoms. The zero-order chi connectivity index (χ0) is 13.7. The molecule has 0 aliphatic carbocycles. The molecule has 0 aromatic carbocycles. The van der Waals surface area contributed by atoms with Crippen LogP contribution in [0.2, 0.25) is 0 Å². The Morgan fingerprint density at radius 1 is 1.42 bits per heavy atom. The summed E-state index contributed by atoms with van der Waals surface area (Å²) in [6, 6.07) is 4.18. The number of nitrogens with zero attached hydrogens (tertiary/aromatic N) is 1. The van der Waals surface area contributed by atoms with Gasteiger partial charge in [-0.05, 0) is 18.6 Å². The van der Waals surface area contributed by atoms with E-state index in [1.165, 1.54) is 21.1 Å². The molecule has 0 atom stereocenters. The van der Waals surface area contributed by atoms with E-state index in [4.69, 9.17) is 11.6 Å². The highest BCUT2D eigenvalue weighted by Gasteiger charge is 2.08. The number of nitrogens with one attached hydrogen (secondary N) is 1. The van der Waals surface area contributed by atoms with Gasteiger partial charge in [0.25, 0.3) is 0 Å². The van der Waals surface area contributed by atoms with E-state index >= 15 is 0 Å². The van der Waals surface area contributed by atoms with Gasteiger partial charge in [-0.25, -0.2) is 4.98 Å². The largest absolute Gasteiger partial charge is 0.351 e. The average molecular weight is 315 g/mol. The maximum Gasteiger partial charge on any atom is 0.227 e. The van der Waals surface area contributed by atoms with Crippen molar-refractivity contribution in [2.45, 2.75) is 32.2 Å². The van der Waals surface area contributed by atoms with Crippen LogP contribution in [0.4, 0.5) is 0 Å². The molecular formula is C13H15ClN2OS2. The van der Waals surface area contributed by atoms with Gasteiger partial charge in [0.05, 0.1) is 24.5 Å². The Hall–Kier alpha value is -0.910. The fraction of sp³-hybridized carbons (Fsp3) is 0.385. The van der Waals surface area contributed by atoms with Gasteiger partial charge in [-0.3, -0.25) is 4.79 Å². The summed E-state index contributed by atoms with van der Waals surface area (Å²) in [6.45, 7) is 2.72. The van der Waals surface area contributed by atoms with Crippen LogP contribution >= 0.6 is 34.3 Å². The second-order valence-electron chi connectivity index (χ2n) is 4.04. The van der Waals surface area contributed by atoms with Crippen LogP contribution in [-0.4, -0.2) is 10.9 Å². The number of halogens is 1. The highest BCUT2D eigenvalue weighted by Crippen LogP contribution is 2.17. The molecule has 2 heterocycles. The summed E-state index contributed by atoms with van der Waals surface area (Å²) in [4.78, 5) is 18.6. The molecule has 0 saturated heterocycles. The number of aryl methyl sites for hydroxylation is 1. The first-order valence-electron chi connectivity index (χ1n) is 6.04. The summed E-state index contributed by atoms with van der Waals surface area (Å²) in [5.41, 5.74) is 0.834. The quantitative estimate of drug-likeness (QED) is 0.831. The van der Waals surface area contributed by atoms with Gasteiger partial charge in [0, 0.05) is 15.1 Å². The van der Waals surface area contributed by atoms with Crippen molar-refractivity contribution in [3.05, 3.63) is 38.0 Å². The van der Waals surface area contributed by atoms with Crippen molar-refractivity contribution in [2.75, 3.05) is 0 Å². The Labute approximate surface area is 125 Å². The molecule has 0 aliphatic heterocycles. The van der Waals surface area contributed by atoms with Gasteiger partial charge in [0.2, 0.25) is 5.91 Å². The first-order valence-corrected chi connectivity index (χ1v) is 8.28. The first-order chi connectivity index (χ1) is 9.21. The lowest BCUT2D eigenvalue weighted by Gasteiger charge is -2.01. The molecule has 0 aliphatic rings. The van der Waals surface area contributed by atoms with Crippen molar-refractivity contribution in [3.63, 3.8) is 0 Å². The number of aromatic nitrogens is 1. The molecule has 6 heteroatoms. The smallest absolute Gasteiger partial charge is 0.227 e. The van der Waals surface area contributed by atoms with Crippen LogP contribution < -0.4 is 5.32 Å². The van der Waals surface area contributed by atoms with Crippen LogP contribution in [-0.2, 0) is 30.1 Å². The van der Waals surface area contributed by atoms with Crippen molar-refractivity contribution < 1.29 is 4.79 Å². The third-order valence-corrected chi connectivity index (χ3v) is 4.97. The summed E-state index contributed by atoms with van der Waals surface area (Å²) in [6.07, 6.45) is 1.37. The molecule has 102 valence electrons. The lowest BCUT2D eigenvalue weighted by Crippen LogP contribution is -2.24. The van der Waals surface area contributed by atoms with E-state index in [2.05, 4.69) is 29.4 Å². The van der Waals surface area contributed by atoms with Crippen molar-refractivity contribution in [1.82, 2.24) is 10.3 Å². The molecule has 0 radical (unpaired) electrons. The van der Waals surface area contributed by atoms with Gasteiger partial charge < -0.3 is 5.32 Å². The third kappa shape index (κ3) is 4.30. The van der Waals surface area contributed by atoms with Crippen LogP contribution in [0.1, 0.15) is 27.4 Å². The number of hydrogen-bond donors (Lipinski definition) is 1. The van der Waals surface area contributed by atoms with Gasteiger partial charge >= 0.3 is 0 Å². The lowest BCUT2D eigenvalue weighted by atomic mass is 10.3. The Morgan fingerprint density at radius 2 is 2.21 bits per heavy atom. The number of carbonyl (C=O) groups excluding carboxylic acids is 1. The molecule has 2 aromatic heterocycles. The number of rotatable bonds is 6. The molecule has 0 saturated carbocycles. The standard InChI is InChI=1S/C13H15ClN2OS2/c1-2-10-3-4-11(19-10)7-15-12(17)5-13-16-9(6-14)8-18-13/h3-4,8H,2,5-7H2,1H3,(H,15,17). The average Bonchev–Trinajstić information content (AvgIpc) is 3.04. The van der Waals surface area contributed by atoms with Crippen LogP contribution in [0.25, 0.3) is 0 Å². The zero-order valence-electron chi connectivity index (χ0n) is 10.6. The lowest BCUT2D eigenvalue weighted by molar-refractivity contribution is -0.120. The molecule has 1 amide bonds. The summed E-state index contributed by atoms with van der Waals surface area (Å²) in [7, 11) is 0. The highest BCUT2D eigenvalue weighted by atomic mass is 35.5. The first kappa shape index (κ1) is 14.5.